The fraction of sp³-hybridized carbons (Fsp3) is 0.600. The minimum atomic E-state index is -0.108. The summed E-state index contributed by atoms with van der Waals surface area (Å²) in [7, 11) is 1.76. The Balaban J connectivity index is 2.19. The predicted octanol–water partition coefficient (Wildman–Crippen LogP) is 0.0666. The molecule has 0 N–H and O–H groups in total. The molecular formula is C10H14N2O2. The van der Waals surface area contributed by atoms with Crippen LogP contribution in [0.1, 0.15) is 6.92 Å². The van der Waals surface area contributed by atoms with E-state index in [-0.39, 0.29) is 23.7 Å². The lowest BCUT2D eigenvalue weighted by molar-refractivity contribution is -0.129. The van der Waals surface area contributed by atoms with E-state index in [2.05, 4.69) is 0 Å². The minimum Gasteiger partial charge on any atom is -0.345 e. The zero-order valence-corrected chi connectivity index (χ0v) is 8.43. The van der Waals surface area contributed by atoms with E-state index < -0.39 is 0 Å². The van der Waals surface area contributed by atoms with Crippen LogP contribution in [0, 0.1) is 11.8 Å². The molecule has 2 aliphatic heterocycles. The van der Waals surface area contributed by atoms with Crippen molar-refractivity contribution in [2.24, 2.45) is 11.8 Å². The van der Waals surface area contributed by atoms with E-state index in [1.54, 1.807) is 23.0 Å². The van der Waals surface area contributed by atoms with Crippen molar-refractivity contribution in [1.29, 1.82) is 0 Å². The summed E-state index contributed by atoms with van der Waals surface area (Å²) < 4.78 is 0. The molecule has 2 unspecified atom stereocenters. The molecule has 76 valence electrons. The van der Waals surface area contributed by atoms with Crippen molar-refractivity contribution < 1.29 is 9.59 Å². The summed E-state index contributed by atoms with van der Waals surface area (Å²) in [6, 6.07) is 0. The van der Waals surface area contributed by atoms with E-state index in [1.807, 2.05) is 13.0 Å². The van der Waals surface area contributed by atoms with Gasteiger partial charge in [0.25, 0.3) is 0 Å². The first-order chi connectivity index (χ1) is 6.65. The van der Waals surface area contributed by atoms with Crippen LogP contribution in [0.5, 0.6) is 0 Å². The normalized spacial score (nSPS) is 32.1. The molecule has 2 saturated heterocycles. The SMILES string of the molecule is C/C=C/N1CC2C(=O)N(C)CC2C1=O. The average molecular weight is 194 g/mol. The zero-order valence-electron chi connectivity index (χ0n) is 8.43. The standard InChI is InChI=1S/C10H14N2O2/c1-3-4-12-6-8-7(10(12)14)5-11(2)9(8)13/h3-4,7-8H,5-6H2,1-2H3/b4-3+. The fourth-order valence-corrected chi connectivity index (χ4v) is 2.25. The van der Waals surface area contributed by atoms with Gasteiger partial charge in [0.2, 0.25) is 11.8 Å². The van der Waals surface area contributed by atoms with Crippen molar-refractivity contribution in [2.75, 3.05) is 20.1 Å². The highest BCUT2D eigenvalue weighted by Gasteiger charge is 2.49. The molecule has 0 aromatic heterocycles. The van der Waals surface area contributed by atoms with Crippen LogP contribution in [-0.4, -0.2) is 41.8 Å². The summed E-state index contributed by atoms with van der Waals surface area (Å²) in [5, 5.41) is 0. The molecule has 0 aliphatic carbocycles. The predicted molar refractivity (Wildman–Crippen MR) is 51.1 cm³/mol. The molecule has 2 aliphatic rings. The largest absolute Gasteiger partial charge is 0.345 e. The Bertz CT molecular complexity index is 311. The van der Waals surface area contributed by atoms with Crippen molar-refractivity contribution >= 4 is 11.8 Å². The molecular weight excluding hydrogens is 180 g/mol. The van der Waals surface area contributed by atoms with E-state index in [4.69, 9.17) is 0 Å². The number of hydrogen-bond acceptors (Lipinski definition) is 2. The van der Waals surface area contributed by atoms with Gasteiger partial charge >= 0.3 is 0 Å². The Kier molecular flexibility index (Phi) is 2.06. The maximum absolute atomic E-state index is 11.8. The van der Waals surface area contributed by atoms with Gasteiger partial charge in [0, 0.05) is 26.3 Å². The zero-order chi connectivity index (χ0) is 10.3. The van der Waals surface area contributed by atoms with Crippen molar-refractivity contribution in [1.82, 2.24) is 9.80 Å². The third-order valence-corrected chi connectivity index (χ3v) is 2.97. The molecule has 0 aromatic carbocycles. The van der Waals surface area contributed by atoms with Crippen LogP contribution in [0.2, 0.25) is 0 Å². The Morgan fingerprint density at radius 3 is 2.43 bits per heavy atom. The number of likely N-dealkylation sites (tertiary alicyclic amines) is 2. The number of rotatable bonds is 1. The Hall–Kier alpha value is -1.32. The Labute approximate surface area is 83.2 Å². The first kappa shape index (κ1) is 9.24. The maximum atomic E-state index is 11.8. The lowest BCUT2D eigenvalue weighted by Gasteiger charge is -2.15. The maximum Gasteiger partial charge on any atom is 0.232 e. The van der Waals surface area contributed by atoms with Crippen molar-refractivity contribution in [3.05, 3.63) is 12.3 Å². The fourth-order valence-electron chi connectivity index (χ4n) is 2.25. The molecule has 0 bridgehead atoms. The van der Waals surface area contributed by atoms with Crippen molar-refractivity contribution in [2.45, 2.75) is 6.92 Å². The minimum absolute atomic E-state index is 0.0887. The summed E-state index contributed by atoms with van der Waals surface area (Å²) in [5.74, 6) is -0.0199. The van der Waals surface area contributed by atoms with Gasteiger partial charge in [-0.15, -0.1) is 0 Å². The van der Waals surface area contributed by atoms with Gasteiger partial charge in [-0.05, 0) is 6.92 Å². The van der Waals surface area contributed by atoms with Gasteiger partial charge in [-0.25, -0.2) is 0 Å². The lowest BCUT2D eigenvalue weighted by Crippen LogP contribution is -2.30. The Morgan fingerprint density at radius 1 is 1.21 bits per heavy atom. The summed E-state index contributed by atoms with van der Waals surface area (Å²) in [5.41, 5.74) is 0. The summed E-state index contributed by atoms with van der Waals surface area (Å²) in [4.78, 5) is 26.7. The summed E-state index contributed by atoms with van der Waals surface area (Å²) in [6.45, 7) is 3.00. The average Bonchev–Trinajstić information content (AvgIpc) is 2.59. The van der Waals surface area contributed by atoms with E-state index in [0.717, 1.165) is 0 Å². The molecule has 0 radical (unpaired) electrons. The van der Waals surface area contributed by atoms with Crippen LogP contribution in [0.15, 0.2) is 12.3 Å². The molecule has 2 fully saturated rings. The third kappa shape index (κ3) is 1.14. The molecule has 0 aromatic rings. The van der Waals surface area contributed by atoms with Gasteiger partial charge in [-0.2, -0.15) is 0 Å². The van der Waals surface area contributed by atoms with Gasteiger partial charge in [-0.1, -0.05) is 6.08 Å². The highest BCUT2D eigenvalue weighted by Crippen LogP contribution is 2.32. The van der Waals surface area contributed by atoms with Gasteiger partial charge in [0.15, 0.2) is 0 Å². The number of hydrogen-bond donors (Lipinski definition) is 0. The lowest BCUT2D eigenvalue weighted by atomic mass is 10.00. The van der Waals surface area contributed by atoms with E-state index in [1.165, 1.54) is 0 Å². The molecule has 4 heteroatoms. The second kappa shape index (κ2) is 3.12. The van der Waals surface area contributed by atoms with Gasteiger partial charge in [0.1, 0.15) is 0 Å². The number of allylic oxidation sites excluding steroid dienone is 1. The molecule has 2 atom stereocenters. The van der Waals surface area contributed by atoms with Gasteiger partial charge in [0.05, 0.1) is 11.8 Å². The second-order valence-electron chi connectivity index (χ2n) is 3.90. The molecule has 0 saturated carbocycles. The number of fused-ring (bicyclic) bond motifs is 1. The van der Waals surface area contributed by atoms with E-state index >= 15 is 0 Å². The van der Waals surface area contributed by atoms with Crippen LogP contribution in [0.25, 0.3) is 0 Å². The monoisotopic (exact) mass is 194 g/mol. The van der Waals surface area contributed by atoms with Crippen molar-refractivity contribution in [3.63, 3.8) is 0 Å². The summed E-state index contributed by atoms with van der Waals surface area (Å²) in [6.07, 6.45) is 3.58. The summed E-state index contributed by atoms with van der Waals surface area (Å²) >= 11 is 0. The van der Waals surface area contributed by atoms with Crippen LogP contribution in [-0.2, 0) is 9.59 Å². The van der Waals surface area contributed by atoms with E-state index in [0.29, 0.717) is 13.1 Å². The molecule has 0 spiro atoms. The van der Waals surface area contributed by atoms with Crippen molar-refractivity contribution in [3.8, 4) is 0 Å². The molecule has 2 heterocycles. The van der Waals surface area contributed by atoms with Crippen LogP contribution >= 0.6 is 0 Å². The van der Waals surface area contributed by atoms with Crippen LogP contribution < -0.4 is 0 Å². The molecule has 2 amide bonds. The first-order valence-electron chi connectivity index (χ1n) is 4.83. The Morgan fingerprint density at radius 2 is 1.86 bits per heavy atom. The highest BCUT2D eigenvalue weighted by molar-refractivity contribution is 5.94. The second-order valence-corrected chi connectivity index (χ2v) is 3.90. The van der Waals surface area contributed by atoms with E-state index in [9.17, 15) is 9.59 Å². The van der Waals surface area contributed by atoms with Crippen LogP contribution in [0.3, 0.4) is 0 Å². The van der Waals surface area contributed by atoms with Gasteiger partial charge in [-0.3, -0.25) is 9.59 Å². The highest BCUT2D eigenvalue weighted by atomic mass is 16.2. The first-order valence-corrected chi connectivity index (χ1v) is 4.83. The van der Waals surface area contributed by atoms with Gasteiger partial charge < -0.3 is 9.80 Å². The molecule has 14 heavy (non-hydrogen) atoms. The number of nitrogens with zero attached hydrogens (tertiary/aromatic N) is 2. The number of carbonyl (C=O) groups is 2. The quantitative estimate of drug-likeness (QED) is 0.592. The number of amides is 2. The number of carbonyl (C=O) groups excluding carboxylic acids is 2. The molecule has 2 rings (SSSR count). The third-order valence-electron chi connectivity index (χ3n) is 2.97. The molecule has 4 nitrogen and oxygen atoms in total. The topological polar surface area (TPSA) is 40.6 Å². The van der Waals surface area contributed by atoms with Crippen LogP contribution in [0.4, 0.5) is 0 Å². The smallest absolute Gasteiger partial charge is 0.232 e.